The van der Waals surface area contributed by atoms with Crippen LogP contribution in [0.25, 0.3) is 10.9 Å². The highest BCUT2D eigenvalue weighted by molar-refractivity contribution is 7.92. The normalized spacial score (nSPS) is 22.6. The van der Waals surface area contributed by atoms with Crippen LogP contribution in [0, 0.1) is 0 Å². The Morgan fingerprint density at radius 2 is 2.12 bits per heavy atom. The summed E-state index contributed by atoms with van der Waals surface area (Å²) in [6.07, 6.45) is 3.10. The molecule has 1 aromatic carbocycles. The van der Waals surface area contributed by atoms with E-state index < -0.39 is 15.1 Å². The summed E-state index contributed by atoms with van der Waals surface area (Å²) in [7, 11) is -3.06. The predicted octanol–water partition coefficient (Wildman–Crippen LogP) is 2.20. The number of aromatic nitrogens is 1. The number of para-hydroxylation sites is 1. The second kappa shape index (κ2) is 6.37. The Hall–Kier alpha value is -2.02. The van der Waals surface area contributed by atoms with Gasteiger partial charge in [-0.3, -0.25) is 0 Å². The number of urea groups is 1. The number of H-pyrrole nitrogens is 1. The third kappa shape index (κ3) is 3.13. The molecule has 1 fully saturated rings. The van der Waals surface area contributed by atoms with Gasteiger partial charge >= 0.3 is 6.03 Å². The molecule has 3 heterocycles. The monoisotopic (exact) mass is 361 g/mol. The van der Waals surface area contributed by atoms with Crippen LogP contribution < -0.4 is 5.32 Å². The van der Waals surface area contributed by atoms with Crippen LogP contribution in [0.2, 0.25) is 0 Å². The Morgan fingerprint density at radius 3 is 2.96 bits per heavy atom. The summed E-state index contributed by atoms with van der Waals surface area (Å²) in [5, 5.41) is 3.57. The van der Waals surface area contributed by atoms with Crippen LogP contribution in [0.4, 0.5) is 4.79 Å². The molecule has 1 saturated heterocycles. The zero-order chi connectivity index (χ0) is 17.4. The number of benzene rings is 1. The predicted molar refractivity (Wildman–Crippen MR) is 97.2 cm³/mol. The number of carbonyl (C=O) groups excluding carboxylic acids is 1. The molecule has 0 radical (unpaired) electrons. The minimum absolute atomic E-state index is 0.170. The first-order valence-electron chi connectivity index (χ1n) is 8.87. The first kappa shape index (κ1) is 16.4. The summed E-state index contributed by atoms with van der Waals surface area (Å²) in [6, 6.07) is 7.95. The van der Waals surface area contributed by atoms with E-state index in [2.05, 4.69) is 16.4 Å². The Morgan fingerprint density at radius 1 is 1.28 bits per heavy atom. The van der Waals surface area contributed by atoms with Gasteiger partial charge in [-0.2, -0.15) is 0 Å². The Labute approximate surface area is 147 Å². The van der Waals surface area contributed by atoms with E-state index in [4.69, 9.17) is 0 Å². The Kier molecular flexibility index (Phi) is 4.19. The van der Waals surface area contributed by atoms with E-state index in [0.29, 0.717) is 19.5 Å². The largest absolute Gasteiger partial charge is 0.358 e. The average molecular weight is 361 g/mol. The summed E-state index contributed by atoms with van der Waals surface area (Å²) in [5.74, 6) is 0.246. The molecule has 0 saturated carbocycles. The molecule has 0 aliphatic carbocycles. The standard InChI is InChI=1S/C18H23N3O3S/c22-18(19-11-13-5-3-4-10-25(13,23)24)21-9-8-17-15(12-21)14-6-1-2-7-16(14)20-17/h1-2,6-7,13,20H,3-5,8-12H2,(H,19,22). The molecule has 2 N–H and O–H groups in total. The van der Waals surface area contributed by atoms with Crippen LogP contribution in [-0.4, -0.2) is 48.4 Å². The summed E-state index contributed by atoms with van der Waals surface area (Å²) < 4.78 is 24.2. The molecule has 6 nitrogen and oxygen atoms in total. The van der Waals surface area contributed by atoms with Gasteiger partial charge in [0.2, 0.25) is 0 Å². The van der Waals surface area contributed by atoms with Crippen LogP contribution in [0.15, 0.2) is 24.3 Å². The van der Waals surface area contributed by atoms with Crippen molar-refractivity contribution in [1.29, 1.82) is 0 Å². The van der Waals surface area contributed by atoms with Crippen molar-refractivity contribution in [2.24, 2.45) is 0 Å². The maximum atomic E-state index is 12.5. The van der Waals surface area contributed by atoms with Gasteiger partial charge in [-0.05, 0) is 18.9 Å². The SMILES string of the molecule is O=C(NCC1CCCCS1(=O)=O)N1CCc2[nH]c3ccccc3c2C1. The number of rotatable bonds is 2. The molecule has 1 aromatic heterocycles. The minimum Gasteiger partial charge on any atom is -0.358 e. The van der Waals surface area contributed by atoms with Crippen molar-refractivity contribution >= 4 is 26.8 Å². The lowest BCUT2D eigenvalue weighted by atomic mass is 10.0. The summed E-state index contributed by atoms with van der Waals surface area (Å²) in [6.45, 7) is 1.42. The summed E-state index contributed by atoms with van der Waals surface area (Å²) in [4.78, 5) is 17.7. The molecule has 0 bridgehead atoms. The highest BCUT2D eigenvalue weighted by Gasteiger charge is 2.30. The molecule has 1 unspecified atom stereocenters. The second-order valence-electron chi connectivity index (χ2n) is 6.97. The van der Waals surface area contributed by atoms with E-state index in [1.807, 2.05) is 18.2 Å². The van der Waals surface area contributed by atoms with Crippen molar-refractivity contribution in [3.63, 3.8) is 0 Å². The first-order valence-corrected chi connectivity index (χ1v) is 10.6. The fraction of sp³-hybridized carbons (Fsp3) is 0.500. The van der Waals surface area contributed by atoms with E-state index in [1.165, 1.54) is 11.3 Å². The van der Waals surface area contributed by atoms with Crippen LogP contribution >= 0.6 is 0 Å². The smallest absolute Gasteiger partial charge is 0.317 e. The number of nitrogens with zero attached hydrogens (tertiary/aromatic N) is 1. The third-order valence-corrected chi connectivity index (χ3v) is 7.64. The molecule has 2 aliphatic heterocycles. The maximum Gasteiger partial charge on any atom is 0.317 e. The molecule has 2 aromatic rings. The number of sulfone groups is 1. The number of fused-ring (bicyclic) bond motifs is 3. The molecular weight excluding hydrogens is 338 g/mol. The Bertz CT molecular complexity index is 903. The number of hydrogen-bond donors (Lipinski definition) is 2. The van der Waals surface area contributed by atoms with Crippen molar-refractivity contribution in [3.05, 3.63) is 35.5 Å². The van der Waals surface area contributed by atoms with Gasteiger partial charge in [0.05, 0.1) is 11.0 Å². The topological polar surface area (TPSA) is 82.3 Å². The molecule has 25 heavy (non-hydrogen) atoms. The van der Waals surface area contributed by atoms with Crippen molar-refractivity contribution in [1.82, 2.24) is 15.2 Å². The van der Waals surface area contributed by atoms with Crippen LogP contribution in [0.5, 0.6) is 0 Å². The van der Waals surface area contributed by atoms with Gasteiger partial charge in [-0.25, -0.2) is 13.2 Å². The molecule has 2 aliphatic rings. The van der Waals surface area contributed by atoms with Gasteiger partial charge in [0.15, 0.2) is 9.84 Å². The molecular formula is C18H23N3O3S. The lowest BCUT2D eigenvalue weighted by molar-refractivity contribution is 0.192. The van der Waals surface area contributed by atoms with Crippen molar-refractivity contribution < 1.29 is 13.2 Å². The van der Waals surface area contributed by atoms with Gasteiger partial charge in [-0.1, -0.05) is 24.6 Å². The van der Waals surface area contributed by atoms with Crippen LogP contribution in [-0.2, 0) is 22.8 Å². The molecule has 7 heteroatoms. The van der Waals surface area contributed by atoms with Crippen LogP contribution in [0.3, 0.4) is 0 Å². The van der Waals surface area contributed by atoms with Crippen molar-refractivity contribution in [3.8, 4) is 0 Å². The molecule has 4 rings (SSSR count). The average Bonchev–Trinajstić information content (AvgIpc) is 2.98. The lowest BCUT2D eigenvalue weighted by Crippen LogP contribution is -2.47. The minimum atomic E-state index is -3.06. The summed E-state index contributed by atoms with van der Waals surface area (Å²) >= 11 is 0. The number of nitrogens with one attached hydrogen (secondary N) is 2. The number of hydrogen-bond acceptors (Lipinski definition) is 3. The van der Waals surface area contributed by atoms with E-state index in [-0.39, 0.29) is 18.3 Å². The number of amides is 2. The fourth-order valence-corrected chi connectivity index (χ4v) is 5.71. The highest BCUT2D eigenvalue weighted by atomic mass is 32.2. The van der Waals surface area contributed by atoms with Crippen molar-refractivity contribution in [2.45, 2.75) is 37.5 Å². The van der Waals surface area contributed by atoms with Gasteiger partial charge in [-0.15, -0.1) is 0 Å². The molecule has 1 atom stereocenters. The van der Waals surface area contributed by atoms with E-state index >= 15 is 0 Å². The van der Waals surface area contributed by atoms with Crippen LogP contribution in [0.1, 0.15) is 30.5 Å². The highest BCUT2D eigenvalue weighted by Crippen LogP contribution is 2.27. The van der Waals surface area contributed by atoms with Gasteiger partial charge in [0, 0.05) is 48.2 Å². The van der Waals surface area contributed by atoms with E-state index in [9.17, 15) is 13.2 Å². The van der Waals surface area contributed by atoms with Gasteiger partial charge in [0.1, 0.15) is 0 Å². The van der Waals surface area contributed by atoms with Crippen molar-refractivity contribution in [2.75, 3.05) is 18.8 Å². The summed E-state index contributed by atoms with van der Waals surface area (Å²) in [5.41, 5.74) is 3.46. The molecule has 134 valence electrons. The lowest BCUT2D eigenvalue weighted by Gasteiger charge is -2.29. The third-order valence-electron chi connectivity index (χ3n) is 5.36. The van der Waals surface area contributed by atoms with Gasteiger partial charge in [0.25, 0.3) is 0 Å². The van der Waals surface area contributed by atoms with E-state index in [1.54, 1.807) is 4.90 Å². The quantitative estimate of drug-likeness (QED) is 0.860. The fourth-order valence-electron chi connectivity index (χ4n) is 3.90. The van der Waals surface area contributed by atoms with E-state index in [0.717, 1.165) is 30.2 Å². The first-order chi connectivity index (χ1) is 12.0. The molecule has 2 amide bonds. The number of carbonyl (C=O) groups is 1. The Balaban J connectivity index is 1.43. The van der Waals surface area contributed by atoms with Gasteiger partial charge < -0.3 is 15.2 Å². The maximum absolute atomic E-state index is 12.5. The number of aromatic amines is 1. The zero-order valence-corrected chi connectivity index (χ0v) is 14.9. The second-order valence-corrected chi connectivity index (χ2v) is 9.37. The molecule has 0 spiro atoms. The zero-order valence-electron chi connectivity index (χ0n) is 14.1.